The lowest BCUT2D eigenvalue weighted by Crippen LogP contribution is -1.85. The van der Waals surface area contributed by atoms with Gasteiger partial charge in [-0.1, -0.05) is 30.3 Å². The molecular weight excluding hydrogens is 258 g/mol. The quantitative estimate of drug-likeness (QED) is 0.503. The van der Waals surface area contributed by atoms with E-state index in [4.69, 9.17) is 0 Å². The molecule has 0 atom stereocenters. The minimum atomic E-state index is -0.436. The molecule has 4 heteroatoms. The highest BCUT2D eigenvalue weighted by Gasteiger charge is 2.08. The highest BCUT2D eigenvalue weighted by molar-refractivity contribution is 7.26. The molecule has 0 amide bonds. The Morgan fingerprint density at radius 2 is 1.95 bits per heavy atom. The Morgan fingerprint density at radius 3 is 2.74 bits per heavy atom. The van der Waals surface area contributed by atoms with Crippen molar-refractivity contribution in [3.63, 3.8) is 0 Å². The van der Waals surface area contributed by atoms with E-state index in [-0.39, 0.29) is 0 Å². The molecule has 94 valence electrons. The molecule has 1 heterocycles. The van der Waals surface area contributed by atoms with E-state index < -0.39 is 4.92 Å². The van der Waals surface area contributed by atoms with Gasteiger partial charge in [-0.05, 0) is 24.1 Å². The molecular formula is C15H11NO2S. The van der Waals surface area contributed by atoms with Gasteiger partial charge in [0.05, 0.1) is 4.92 Å². The molecule has 0 saturated carbocycles. The van der Waals surface area contributed by atoms with Crippen molar-refractivity contribution in [1.82, 2.24) is 0 Å². The first-order valence-corrected chi connectivity index (χ1v) is 6.71. The van der Waals surface area contributed by atoms with E-state index in [0.29, 0.717) is 0 Å². The van der Waals surface area contributed by atoms with Crippen LogP contribution in [-0.4, -0.2) is 4.92 Å². The van der Waals surface area contributed by atoms with Crippen LogP contribution in [0.5, 0.6) is 0 Å². The van der Waals surface area contributed by atoms with Gasteiger partial charge in [-0.25, -0.2) is 0 Å². The first-order valence-electron chi connectivity index (χ1n) is 5.89. The van der Waals surface area contributed by atoms with Crippen LogP contribution in [0.1, 0.15) is 11.1 Å². The third-order valence-corrected chi connectivity index (χ3v) is 4.52. The largest absolute Gasteiger partial charge is 0.259 e. The van der Waals surface area contributed by atoms with Crippen molar-refractivity contribution in [3.05, 3.63) is 63.8 Å². The Labute approximate surface area is 113 Å². The van der Waals surface area contributed by atoms with E-state index in [0.717, 1.165) is 17.3 Å². The zero-order chi connectivity index (χ0) is 13.4. The fourth-order valence-electron chi connectivity index (χ4n) is 2.26. The summed E-state index contributed by atoms with van der Waals surface area (Å²) in [5, 5.41) is 12.9. The lowest BCUT2D eigenvalue weighted by molar-refractivity contribution is -0.400. The maximum Gasteiger partial charge on any atom is 0.235 e. The summed E-state index contributed by atoms with van der Waals surface area (Å²) in [6, 6.07) is 12.3. The molecule has 0 saturated heterocycles. The molecule has 3 aromatic rings. The van der Waals surface area contributed by atoms with Crippen LogP contribution >= 0.6 is 11.3 Å². The standard InChI is InChI=1S/C15H11NO2S/c1-10-11(8-9-16(17)18)6-7-13-12-4-2-3-5-14(12)19-15(10)13/h2-9H,1H3/b9-8+. The normalized spacial score (nSPS) is 11.6. The average Bonchev–Trinajstić information content (AvgIpc) is 2.77. The van der Waals surface area contributed by atoms with Crippen molar-refractivity contribution in [2.75, 3.05) is 0 Å². The van der Waals surface area contributed by atoms with Crippen LogP contribution in [0, 0.1) is 17.0 Å². The van der Waals surface area contributed by atoms with Gasteiger partial charge in [-0.3, -0.25) is 10.1 Å². The van der Waals surface area contributed by atoms with Gasteiger partial charge in [0.25, 0.3) is 0 Å². The fraction of sp³-hybridized carbons (Fsp3) is 0.0667. The summed E-state index contributed by atoms with van der Waals surface area (Å²) in [4.78, 5) is 9.97. The Balaban J connectivity index is 2.27. The monoisotopic (exact) mass is 269 g/mol. The number of hydrogen-bond donors (Lipinski definition) is 0. The number of nitro groups is 1. The van der Waals surface area contributed by atoms with Crippen molar-refractivity contribution >= 4 is 37.6 Å². The molecule has 1 aromatic heterocycles. The van der Waals surface area contributed by atoms with Gasteiger partial charge >= 0.3 is 0 Å². The summed E-state index contributed by atoms with van der Waals surface area (Å²) < 4.78 is 2.45. The smallest absolute Gasteiger partial charge is 0.235 e. The maximum absolute atomic E-state index is 10.4. The Kier molecular flexibility index (Phi) is 2.80. The van der Waals surface area contributed by atoms with Gasteiger partial charge in [0, 0.05) is 26.2 Å². The number of rotatable bonds is 2. The molecule has 3 nitrogen and oxygen atoms in total. The van der Waals surface area contributed by atoms with E-state index in [2.05, 4.69) is 12.1 Å². The summed E-state index contributed by atoms with van der Waals surface area (Å²) in [6.45, 7) is 2.01. The van der Waals surface area contributed by atoms with Gasteiger partial charge in [0.15, 0.2) is 0 Å². The van der Waals surface area contributed by atoms with Crippen molar-refractivity contribution in [2.45, 2.75) is 6.92 Å². The van der Waals surface area contributed by atoms with Crippen LogP contribution in [0.4, 0.5) is 0 Å². The van der Waals surface area contributed by atoms with E-state index in [9.17, 15) is 10.1 Å². The van der Waals surface area contributed by atoms with Crippen molar-refractivity contribution < 1.29 is 4.92 Å². The topological polar surface area (TPSA) is 43.1 Å². The Bertz CT molecular complexity index is 817. The van der Waals surface area contributed by atoms with Gasteiger partial charge in [0.2, 0.25) is 6.20 Å². The number of nitrogens with zero attached hydrogens (tertiary/aromatic N) is 1. The maximum atomic E-state index is 10.4. The van der Waals surface area contributed by atoms with Gasteiger partial charge in [-0.2, -0.15) is 0 Å². The Morgan fingerprint density at radius 1 is 1.16 bits per heavy atom. The van der Waals surface area contributed by atoms with Crippen LogP contribution in [0.15, 0.2) is 42.6 Å². The van der Waals surface area contributed by atoms with E-state index >= 15 is 0 Å². The number of hydrogen-bond acceptors (Lipinski definition) is 3. The van der Waals surface area contributed by atoms with E-state index in [1.54, 1.807) is 17.4 Å². The Hall–Kier alpha value is -2.20. The number of benzene rings is 2. The second kappa shape index (κ2) is 4.48. The van der Waals surface area contributed by atoms with Crippen LogP contribution in [-0.2, 0) is 0 Å². The van der Waals surface area contributed by atoms with Crippen molar-refractivity contribution in [3.8, 4) is 0 Å². The predicted octanol–water partition coefficient (Wildman–Crippen LogP) is 4.61. The second-order valence-electron chi connectivity index (χ2n) is 4.36. The number of aryl methyl sites for hydroxylation is 1. The minimum absolute atomic E-state index is 0.436. The van der Waals surface area contributed by atoms with Crippen LogP contribution in [0.2, 0.25) is 0 Å². The first kappa shape index (κ1) is 11.9. The summed E-state index contributed by atoms with van der Waals surface area (Å²) in [5.41, 5.74) is 1.99. The molecule has 0 unspecified atom stereocenters. The lowest BCUT2D eigenvalue weighted by atomic mass is 10.0. The molecule has 0 aliphatic heterocycles. The van der Waals surface area contributed by atoms with E-state index in [1.165, 1.54) is 20.2 Å². The molecule has 0 aliphatic rings. The molecule has 0 N–H and O–H groups in total. The second-order valence-corrected chi connectivity index (χ2v) is 5.41. The van der Waals surface area contributed by atoms with Gasteiger partial charge in [0.1, 0.15) is 0 Å². The number of fused-ring (bicyclic) bond motifs is 3. The van der Waals surface area contributed by atoms with Gasteiger partial charge in [-0.15, -0.1) is 11.3 Å². The molecule has 0 fully saturated rings. The fourth-order valence-corrected chi connectivity index (χ4v) is 3.47. The molecule has 0 bridgehead atoms. The summed E-state index contributed by atoms with van der Waals surface area (Å²) in [6.07, 6.45) is 2.54. The molecule has 0 radical (unpaired) electrons. The molecule has 0 aliphatic carbocycles. The molecule has 2 aromatic carbocycles. The highest BCUT2D eigenvalue weighted by atomic mass is 32.1. The lowest BCUT2D eigenvalue weighted by Gasteiger charge is -2.00. The third kappa shape index (κ3) is 2.00. The highest BCUT2D eigenvalue weighted by Crippen LogP contribution is 2.36. The van der Waals surface area contributed by atoms with E-state index in [1.807, 2.05) is 31.2 Å². The van der Waals surface area contributed by atoms with Crippen LogP contribution in [0.3, 0.4) is 0 Å². The minimum Gasteiger partial charge on any atom is -0.259 e. The van der Waals surface area contributed by atoms with Crippen LogP contribution < -0.4 is 0 Å². The third-order valence-electron chi connectivity index (χ3n) is 3.21. The molecule has 19 heavy (non-hydrogen) atoms. The molecule has 3 rings (SSSR count). The SMILES string of the molecule is Cc1c(/C=C/[N+](=O)[O-])ccc2c1sc1ccccc12. The summed E-state index contributed by atoms with van der Waals surface area (Å²) in [7, 11) is 0. The van der Waals surface area contributed by atoms with Crippen LogP contribution in [0.25, 0.3) is 26.2 Å². The summed E-state index contributed by atoms with van der Waals surface area (Å²) >= 11 is 1.73. The van der Waals surface area contributed by atoms with Crippen molar-refractivity contribution in [2.24, 2.45) is 0 Å². The zero-order valence-electron chi connectivity index (χ0n) is 10.3. The first-order chi connectivity index (χ1) is 9.16. The van der Waals surface area contributed by atoms with Crippen molar-refractivity contribution in [1.29, 1.82) is 0 Å². The zero-order valence-corrected chi connectivity index (χ0v) is 11.1. The average molecular weight is 269 g/mol. The predicted molar refractivity (Wildman–Crippen MR) is 80.1 cm³/mol. The molecule has 0 spiro atoms. The number of thiophene rings is 1. The summed E-state index contributed by atoms with van der Waals surface area (Å²) in [5.74, 6) is 0. The van der Waals surface area contributed by atoms with Gasteiger partial charge < -0.3 is 0 Å².